The summed E-state index contributed by atoms with van der Waals surface area (Å²) in [6, 6.07) is 5.95. The van der Waals surface area contributed by atoms with Gasteiger partial charge in [-0.1, -0.05) is 6.07 Å². The highest BCUT2D eigenvalue weighted by Gasteiger charge is 2.20. The number of nitrogens with two attached hydrogens (primary N) is 1. The molecule has 0 spiro atoms. The average molecular weight is 194 g/mol. The Morgan fingerprint density at radius 1 is 1.64 bits per heavy atom. The van der Waals surface area contributed by atoms with Gasteiger partial charge in [-0.25, -0.2) is 0 Å². The van der Waals surface area contributed by atoms with Gasteiger partial charge in [0.15, 0.2) is 11.5 Å². The van der Waals surface area contributed by atoms with E-state index in [4.69, 9.17) is 15.2 Å². The van der Waals surface area contributed by atoms with E-state index in [-0.39, 0.29) is 6.04 Å². The molecule has 1 aliphatic rings. The van der Waals surface area contributed by atoms with Crippen LogP contribution >= 0.6 is 0 Å². The number of hydrogen-bond acceptors (Lipinski definition) is 4. The zero-order valence-electron chi connectivity index (χ0n) is 8.12. The largest absolute Gasteiger partial charge is 0.493 e. The monoisotopic (exact) mass is 194 g/mol. The third-order valence-corrected chi connectivity index (χ3v) is 2.27. The summed E-state index contributed by atoms with van der Waals surface area (Å²) in [5, 5.41) is 3.29. The molecule has 1 heterocycles. The summed E-state index contributed by atoms with van der Waals surface area (Å²) in [6.45, 7) is 1.15. The Hall–Kier alpha value is -1.42. The summed E-state index contributed by atoms with van der Waals surface area (Å²) in [7, 11) is 1.63. The fraction of sp³-hybridized carbons (Fsp3) is 0.400. The summed E-state index contributed by atoms with van der Waals surface area (Å²) < 4.78 is 10.8. The van der Waals surface area contributed by atoms with Gasteiger partial charge in [-0.3, -0.25) is 0 Å². The quantitative estimate of drug-likeness (QED) is 0.732. The molecule has 1 atom stereocenters. The Kier molecular flexibility index (Phi) is 2.45. The molecule has 0 radical (unpaired) electrons. The summed E-state index contributed by atoms with van der Waals surface area (Å²) in [4.78, 5) is 0. The van der Waals surface area contributed by atoms with Crippen LogP contribution < -0.4 is 20.5 Å². The predicted octanol–water partition coefficient (Wildman–Crippen LogP) is 0.827. The van der Waals surface area contributed by atoms with Crippen LogP contribution in [0, 0.1) is 0 Å². The van der Waals surface area contributed by atoms with E-state index in [1.165, 1.54) is 0 Å². The standard InChI is InChI=1S/C10H14N2O2/c1-13-9-4-2-3-8-10(9)14-6-7(5-11)12-8/h2-4,7,12H,5-6,11H2,1H3. The lowest BCUT2D eigenvalue weighted by atomic mass is 10.2. The van der Waals surface area contributed by atoms with Crippen LogP contribution in [-0.2, 0) is 0 Å². The van der Waals surface area contributed by atoms with Crippen LogP contribution in [0.2, 0.25) is 0 Å². The summed E-state index contributed by atoms with van der Waals surface area (Å²) >= 11 is 0. The van der Waals surface area contributed by atoms with Crippen LogP contribution in [0.4, 0.5) is 5.69 Å². The average Bonchev–Trinajstić information content (AvgIpc) is 2.27. The smallest absolute Gasteiger partial charge is 0.184 e. The number of hydrogen-bond donors (Lipinski definition) is 2. The fourth-order valence-electron chi connectivity index (χ4n) is 1.51. The first-order chi connectivity index (χ1) is 6.85. The molecule has 0 aromatic heterocycles. The van der Waals surface area contributed by atoms with E-state index in [9.17, 15) is 0 Å². The first-order valence-corrected chi connectivity index (χ1v) is 4.61. The van der Waals surface area contributed by atoms with Gasteiger partial charge in [-0.15, -0.1) is 0 Å². The number of rotatable bonds is 2. The van der Waals surface area contributed by atoms with Gasteiger partial charge in [-0.2, -0.15) is 0 Å². The van der Waals surface area contributed by atoms with Crippen LogP contribution in [0.15, 0.2) is 18.2 Å². The second kappa shape index (κ2) is 3.75. The minimum Gasteiger partial charge on any atom is -0.493 e. The lowest BCUT2D eigenvalue weighted by Crippen LogP contribution is -2.37. The topological polar surface area (TPSA) is 56.5 Å². The molecule has 14 heavy (non-hydrogen) atoms. The fourth-order valence-corrected chi connectivity index (χ4v) is 1.51. The van der Waals surface area contributed by atoms with Crippen LogP contribution in [0.5, 0.6) is 11.5 Å². The highest BCUT2D eigenvalue weighted by molar-refractivity contribution is 5.64. The summed E-state index contributed by atoms with van der Waals surface area (Å²) in [5.74, 6) is 1.53. The second-order valence-electron chi connectivity index (χ2n) is 3.22. The van der Waals surface area contributed by atoms with Gasteiger partial charge < -0.3 is 20.5 Å². The first-order valence-electron chi connectivity index (χ1n) is 4.61. The molecule has 1 aromatic carbocycles. The highest BCUT2D eigenvalue weighted by Crippen LogP contribution is 2.37. The molecule has 0 saturated heterocycles. The number of anilines is 1. The number of fused-ring (bicyclic) bond motifs is 1. The maximum absolute atomic E-state index is 5.58. The van der Waals surface area contributed by atoms with Crippen molar-refractivity contribution in [2.24, 2.45) is 5.73 Å². The third-order valence-electron chi connectivity index (χ3n) is 2.27. The zero-order chi connectivity index (χ0) is 9.97. The van der Waals surface area contributed by atoms with Crippen molar-refractivity contribution in [1.82, 2.24) is 0 Å². The van der Waals surface area contributed by atoms with Crippen LogP contribution in [0.1, 0.15) is 0 Å². The van der Waals surface area contributed by atoms with E-state index in [1.807, 2.05) is 18.2 Å². The first kappa shape index (κ1) is 9.15. The molecule has 1 aliphatic heterocycles. The Morgan fingerprint density at radius 2 is 2.50 bits per heavy atom. The van der Waals surface area contributed by atoms with Gasteiger partial charge in [0.25, 0.3) is 0 Å². The third kappa shape index (κ3) is 1.48. The predicted molar refractivity (Wildman–Crippen MR) is 55.0 cm³/mol. The van der Waals surface area contributed by atoms with E-state index in [0.29, 0.717) is 13.2 Å². The number of methoxy groups -OCH3 is 1. The summed E-state index contributed by atoms with van der Waals surface area (Å²) in [6.07, 6.45) is 0. The van der Waals surface area contributed by atoms with Gasteiger partial charge in [0.2, 0.25) is 0 Å². The number of para-hydroxylation sites is 1. The van der Waals surface area contributed by atoms with Crippen molar-refractivity contribution in [3.63, 3.8) is 0 Å². The molecule has 1 aromatic rings. The van der Waals surface area contributed by atoms with E-state index in [0.717, 1.165) is 17.2 Å². The van der Waals surface area contributed by atoms with E-state index in [1.54, 1.807) is 7.11 Å². The molecular formula is C10H14N2O2. The minimum absolute atomic E-state index is 0.189. The van der Waals surface area contributed by atoms with Crippen molar-refractivity contribution in [2.75, 3.05) is 25.6 Å². The molecule has 2 rings (SSSR count). The maximum atomic E-state index is 5.58. The Bertz CT molecular complexity index is 328. The Labute approximate surface area is 83.0 Å². The van der Waals surface area contributed by atoms with E-state index in [2.05, 4.69) is 5.32 Å². The Morgan fingerprint density at radius 3 is 3.21 bits per heavy atom. The van der Waals surface area contributed by atoms with Crippen molar-refractivity contribution in [3.8, 4) is 11.5 Å². The van der Waals surface area contributed by atoms with Gasteiger partial charge >= 0.3 is 0 Å². The zero-order valence-corrected chi connectivity index (χ0v) is 8.12. The highest BCUT2D eigenvalue weighted by atomic mass is 16.5. The number of ether oxygens (including phenoxy) is 2. The molecule has 0 aliphatic carbocycles. The van der Waals surface area contributed by atoms with E-state index < -0.39 is 0 Å². The van der Waals surface area contributed by atoms with Gasteiger partial charge in [0, 0.05) is 6.54 Å². The molecule has 4 nitrogen and oxygen atoms in total. The SMILES string of the molecule is COc1cccc2c1OCC(CN)N2. The summed E-state index contributed by atoms with van der Waals surface area (Å²) in [5.41, 5.74) is 6.51. The molecule has 3 N–H and O–H groups in total. The lowest BCUT2D eigenvalue weighted by molar-refractivity contribution is 0.269. The van der Waals surface area contributed by atoms with Crippen molar-refractivity contribution in [1.29, 1.82) is 0 Å². The second-order valence-corrected chi connectivity index (χ2v) is 3.22. The van der Waals surface area contributed by atoms with Crippen molar-refractivity contribution >= 4 is 5.69 Å². The van der Waals surface area contributed by atoms with Crippen molar-refractivity contribution in [2.45, 2.75) is 6.04 Å². The van der Waals surface area contributed by atoms with Crippen molar-refractivity contribution < 1.29 is 9.47 Å². The molecule has 0 amide bonds. The number of nitrogens with one attached hydrogen (secondary N) is 1. The maximum Gasteiger partial charge on any atom is 0.184 e. The molecular weight excluding hydrogens is 180 g/mol. The van der Waals surface area contributed by atoms with Gasteiger partial charge in [0.1, 0.15) is 6.61 Å². The minimum atomic E-state index is 0.189. The molecule has 4 heteroatoms. The van der Waals surface area contributed by atoms with Crippen LogP contribution in [-0.4, -0.2) is 26.3 Å². The van der Waals surface area contributed by atoms with Crippen LogP contribution in [0.25, 0.3) is 0 Å². The van der Waals surface area contributed by atoms with Gasteiger partial charge in [-0.05, 0) is 12.1 Å². The molecule has 0 saturated carbocycles. The molecule has 0 bridgehead atoms. The van der Waals surface area contributed by atoms with E-state index >= 15 is 0 Å². The van der Waals surface area contributed by atoms with Gasteiger partial charge in [0.05, 0.1) is 18.8 Å². The normalized spacial score (nSPS) is 19.1. The number of benzene rings is 1. The molecule has 1 unspecified atom stereocenters. The lowest BCUT2D eigenvalue weighted by Gasteiger charge is -2.27. The van der Waals surface area contributed by atoms with Crippen LogP contribution in [0.3, 0.4) is 0 Å². The van der Waals surface area contributed by atoms with Crippen molar-refractivity contribution in [3.05, 3.63) is 18.2 Å². The Balaban J connectivity index is 2.30. The molecule has 0 fully saturated rings. The molecule has 76 valence electrons.